The molecule has 0 saturated heterocycles. The maximum atomic E-state index is 12.7. The summed E-state index contributed by atoms with van der Waals surface area (Å²) in [6, 6.07) is 7.02. The van der Waals surface area contributed by atoms with Gasteiger partial charge in [-0.25, -0.2) is 10.1 Å². The first-order chi connectivity index (χ1) is 14.0. The third kappa shape index (κ3) is 4.76. The van der Waals surface area contributed by atoms with Gasteiger partial charge in [-0.1, -0.05) is 42.8 Å². The number of aromatic nitrogens is 5. The molecule has 3 aromatic rings. The molecule has 0 atom stereocenters. The van der Waals surface area contributed by atoms with E-state index in [-0.39, 0.29) is 17.3 Å². The SMILES string of the molecule is CCN(CC)Cc1c(C(=O)N/N=C\c2ccc(Cl)cc2)nnn1-c1nonc1N. The molecular weight excluding hydrogens is 398 g/mol. The van der Waals surface area contributed by atoms with E-state index in [1.54, 1.807) is 24.3 Å². The van der Waals surface area contributed by atoms with Crippen LogP contribution in [0.25, 0.3) is 5.82 Å². The van der Waals surface area contributed by atoms with Gasteiger partial charge in [0.25, 0.3) is 5.91 Å². The topological polar surface area (TPSA) is 140 Å². The molecule has 0 bridgehead atoms. The summed E-state index contributed by atoms with van der Waals surface area (Å²) >= 11 is 5.85. The van der Waals surface area contributed by atoms with Gasteiger partial charge in [0, 0.05) is 11.6 Å². The first-order valence-electron chi connectivity index (χ1n) is 8.87. The van der Waals surface area contributed by atoms with E-state index in [9.17, 15) is 4.79 Å². The maximum Gasteiger partial charge on any atom is 0.293 e. The molecule has 0 spiro atoms. The van der Waals surface area contributed by atoms with Crippen LogP contribution in [0.1, 0.15) is 35.6 Å². The summed E-state index contributed by atoms with van der Waals surface area (Å²) in [6.45, 7) is 5.96. The zero-order valence-electron chi connectivity index (χ0n) is 15.9. The Morgan fingerprint density at radius 1 is 1.31 bits per heavy atom. The summed E-state index contributed by atoms with van der Waals surface area (Å²) in [5.74, 6) is -0.301. The summed E-state index contributed by atoms with van der Waals surface area (Å²) in [4.78, 5) is 14.8. The molecule has 2 heterocycles. The smallest absolute Gasteiger partial charge is 0.293 e. The molecule has 29 heavy (non-hydrogen) atoms. The number of carbonyl (C=O) groups is 1. The molecule has 1 aromatic carbocycles. The van der Waals surface area contributed by atoms with Gasteiger partial charge in [0.05, 0.1) is 11.9 Å². The van der Waals surface area contributed by atoms with Crippen molar-refractivity contribution in [1.82, 2.24) is 35.6 Å². The lowest BCUT2D eigenvalue weighted by Gasteiger charge is -2.18. The number of nitrogen functional groups attached to an aromatic ring is 1. The highest BCUT2D eigenvalue weighted by molar-refractivity contribution is 6.30. The van der Waals surface area contributed by atoms with Gasteiger partial charge in [0.2, 0.25) is 11.6 Å². The Morgan fingerprint density at radius 2 is 2.03 bits per heavy atom. The Kier molecular flexibility index (Phi) is 6.52. The van der Waals surface area contributed by atoms with E-state index in [0.717, 1.165) is 18.7 Å². The molecule has 11 nitrogen and oxygen atoms in total. The molecule has 0 radical (unpaired) electrons. The van der Waals surface area contributed by atoms with E-state index in [1.807, 2.05) is 13.8 Å². The Balaban J connectivity index is 1.85. The molecule has 3 rings (SSSR count). The number of halogens is 1. The highest BCUT2D eigenvalue weighted by Crippen LogP contribution is 2.17. The Labute approximate surface area is 171 Å². The van der Waals surface area contributed by atoms with Crippen LogP contribution in [0.5, 0.6) is 0 Å². The Morgan fingerprint density at radius 3 is 2.66 bits per heavy atom. The molecule has 3 N–H and O–H groups in total. The second-order valence-electron chi connectivity index (χ2n) is 5.98. The van der Waals surface area contributed by atoms with Gasteiger partial charge in [-0.05, 0) is 41.1 Å². The predicted octanol–water partition coefficient (Wildman–Crippen LogP) is 1.49. The van der Waals surface area contributed by atoms with Crippen LogP contribution in [-0.2, 0) is 6.54 Å². The van der Waals surface area contributed by atoms with Gasteiger partial charge < -0.3 is 5.73 Å². The van der Waals surface area contributed by atoms with E-state index >= 15 is 0 Å². The van der Waals surface area contributed by atoms with Gasteiger partial charge in [-0.3, -0.25) is 9.69 Å². The highest BCUT2D eigenvalue weighted by Gasteiger charge is 2.24. The highest BCUT2D eigenvalue weighted by atomic mass is 35.5. The largest absolute Gasteiger partial charge is 0.378 e. The van der Waals surface area contributed by atoms with Crippen molar-refractivity contribution in [2.45, 2.75) is 20.4 Å². The number of nitrogens with zero attached hydrogens (tertiary/aromatic N) is 7. The van der Waals surface area contributed by atoms with E-state index in [1.165, 1.54) is 10.9 Å². The number of carbonyl (C=O) groups excluding carboxylic acids is 1. The minimum absolute atomic E-state index is 0.0448. The van der Waals surface area contributed by atoms with E-state index < -0.39 is 5.91 Å². The quantitative estimate of drug-likeness (QED) is 0.415. The number of nitrogens with one attached hydrogen (secondary N) is 1. The summed E-state index contributed by atoms with van der Waals surface area (Å²) < 4.78 is 5.99. The molecule has 0 aliphatic rings. The number of nitrogens with two attached hydrogens (primary N) is 1. The number of hydrazone groups is 1. The van der Waals surface area contributed by atoms with Crippen LogP contribution in [0.4, 0.5) is 5.82 Å². The first kappa shape index (κ1) is 20.4. The van der Waals surface area contributed by atoms with Crippen LogP contribution in [0, 0.1) is 0 Å². The normalized spacial score (nSPS) is 11.4. The van der Waals surface area contributed by atoms with Crippen molar-refractivity contribution in [3.05, 3.63) is 46.2 Å². The summed E-state index contributed by atoms with van der Waals surface area (Å²) in [5, 5.41) is 19.9. The Bertz CT molecular complexity index is 993. The third-order valence-corrected chi connectivity index (χ3v) is 4.44. The molecule has 0 aliphatic heterocycles. The van der Waals surface area contributed by atoms with Gasteiger partial charge in [0.1, 0.15) is 0 Å². The molecule has 1 amide bonds. The lowest BCUT2D eigenvalue weighted by atomic mass is 10.2. The molecule has 0 saturated carbocycles. The van der Waals surface area contributed by atoms with E-state index in [0.29, 0.717) is 17.3 Å². The molecule has 0 unspecified atom stereocenters. The van der Waals surface area contributed by atoms with Crippen molar-refractivity contribution in [2.75, 3.05) is 18.8 Å². The van der Waals surface area contributed by atoms with E-state index in [2.05, 4.69) is 40.7 Å². The first-order valence-corrected chi connectivity index (χ1v) is 9.25. The van der Waals surface area contributed by atoms with Crippen LogP contribution in [-0.4, -0.2) is 55.4 Å². The molecule has 0 aliphatic carbocycles. The standard InChI is InChI=1S/C17H20ClN9O2/c1-3-26(4-2)10-13-14(21-25-27(13)16-15(19)23-29-24-16)17(28)22-20-9-11-5-7-12(18)8-6-11/h5-9H,3-4,10H2,1-2H3,(H2,19,23)(H,22,28)/b20-9-. The van der Waals surface area contributed by atoms with Gasteiger partial charge >= 0.3 is 0 Å². The van der Waals surface area contributed by atoms with E-state index in [4.69, 9.17) is 17.3 Å². The average molecular weight is 418 g/mol. The molecule has 2 aromatic heterocycles. The Hall–Kier alpha value is -3.31. The summed E-state index contributed by atoms with van der Waals surface area (Å²) in [5.41, 5.74) is 9.61. The number of amides is 1. The third-order valence-electron chi connectivity index (χ3n) is 4.19. The zero-order chi connectivity index (χ0) is 20.8. The van der Waals surface area contributed by atoms with Crippen molar-refractivity contribution in [1.29, 1.82) is 0 Å². The minimum atomic E-state index is -0.515. The van der Waals surface area contributed by atoms with Gasteiger partial charge in [-0.15, -0.1) is 5.10 Å². The zero-order valence-corrected chi connectivity index (χ0v) is 16.7. The van der Waals surface area contributed by atoms with Crippen LogP contribution >= 0.6 is 11.6 Å². The molecule has 152 valence electrons. The fourth-order valence-corrected chi connectivity index (χ4v) is 2.68. The average Bonchev–Trinajstić information content (AvgIpc) is 3.33. The molecular formula is C17H20ClN9O2. The van der Waals surface area contributed by atoms with Crippen molar-refractivity contribution in [3.63, 3.8) is 0 Å². The van der Waals surface area contributed by atoms with Crippen molar-refractivity contribution in [2.24, 2.45) is 5.10 Å². The number of hydrogen-bond acceptors (Lipinski definition) is 9. The van der Waals surface area contributed by atoms with Crippen molar-refractivity contribution in [3.8, 4) is 5.82 Å². The lowest BCUT2D eigenvalue weighted by Crippen LogP contribution is -2.27. The summed E-state index contributed by atoms with van der Waals surface area (Å²) in [7, 11) is 0. The second-order valence-corrected chi connectivity index (χ2v) is 6.42. The fourth-order valence-electron chi connectivity index (χ4n) is 2.55. The van der Waals surface area contributed by atoms with Crippen molar-refractivity contribution >= 4 is 29.5 Å². The van der Waals surface area contributed by atoms with Crippen LogP contribution in [0.2, 0.25) is 5.02 Å². The monoisotopic (exact) mass is 417 g/mol. The number of benzene rings is 1. The van der Waals surface area contributed by atoms with Crippen LogP contribution < -0.4 is 11.2 Å². The van der Waals surface area contributed by atoms with Gasteiger partial charge in [0.15, 0.2) is 5.69 Å². The number of rotatable bonds is 8. The number of hydrogen-bond donors (Lipinski definition) is 2. The van der Waals surface area contributed by atoms with Gasteiger partial charge in [-0.2, -0.15) is 9.78 Å². The minimum Gasteiger partial charge on any atom is -0.378 e. The lowest BCUT2D eigenvalue weighted by molar-refractivity contribution is 0.0948. The molecule has 12 heteroatoms. The summed E-state index contributed by atoms with van der Waals surface area (Å²) in [6.07, 6.45) is 1.50. The predicted molar refractivity (Wildman–Crippen MR) is 107 cm³/mol. The second kappa shape index (κ2) is 9.26. The number of anilines is 1. The fraction of sp³-hybridized carbons (Fsp3) is 0.294. The van der Waals surface area contributed by atoms with Crippen LogP contribution in [0.3, 0.4) is 0 Å². The maximum absolute atomic E-state index is 12.7. The van der Waals surface area contributed by atoms with Crippen LogP contribution in [0.15, 0.2) is 34.0 Å². The molecule has 0 fully saturated rings. The van der Waals surface area contributed by atoms with Crippen molar-refractivity contribution < 1.29 is 9.42 Å².